The summed E-state index contributed by atoms with van der Waals surface area (Å²) in [6, 6.07) is 26.6. The van der Waals surface area contributed by atoms with Crippen LogP contribution in [0.4, 0.5) is 0 Å². The van der Waals surface area contributed by atoms with Crippen molar-refractivity contribution in [3.63, 3.8) is 0 Å². The third kappa shape index (κ3) is 5.28. The maximum atomic E-state index is 9.05. The molecule has 0 amide bonds. The van der Waals surface area contributed by atoms with Crippen molar-refractivity contribution in [2.45, 2.75) is 19.3 Å². The van der Waals surface area contributed by atoms with Crippen molar-refractivity contribution in [1.82, 2.24) is 0 Å². The molecule has 0 aliphatic rings. The summed E-state index contributed by atoms with van der Waals surface area (Å²) in [6.45, 7) is 1.27. The highest BCUT2D eigenvalue weighted by Crippen LogP contribution is 2.30. The van der Waals surface area contributed by atoms with Gasteiger partial charge in [0, 0.05) is 10.9 Å². The van der Waals surface area contributed by atoms with Gasteiger partial charge in [0.15, 0.2) is 0 Å². The van der Waals surface area contributed by atoms with Crippen LogP contribution in [-0.4, -0.2) is 13.2 Å². The van der Waals surface area contributed by atoms with E-state index in [-0.39, 0.29) is 0 Å². The Kier molecular flexibility index (Phi) is 6.70. The van der Waals surface area contributed by atoms with E-state index in [0.717, 1.165) is 47.5 Å². The molecule has 0 unspecified atom stereocenters. The lowest BCUT2D eigenvalue weighted by Gasteiger charge is -2.08. The van der Waals surface area contributed by atoms with Crippen molar-refractivity contribution in [3.05, 3.63) is 83.9 Å². The molecule has 0 aliphatic heterocycles. The van der Waals surface area contributed by atoms with Crippen molar-refractivity contribution < 1.29 is 13.9 Å². The van der Waals surface area contributed by atoms with Gasteiger partial charge in [0.25, 0.3) is 0 Å². The zero-order chi connectivity index (χ0) is 22.2. The maximum absolute atomic E-state index is 9.05. The number of ether oxygens (including phenoxy) is 2. The van der Waals surface area contributed by atoms with E-state index in [1.807, 2.05) is 48.5 Å². The van der Waals surface area contributed by atoms with E-state index in [4.69, 9.17) is 24.4 Å². The number of hydrogen-bond donors (Lipinski definition) is 0. The molecule has 3 aromatic carbocycles. The fraction of sp³-hybridized carbons (Fsp3) is 0.185. The van der Waals surface area contributed by atoms with Gasteiger partial charge in [0.2, 0.25) is 0 Å². The minimum absolute atomic E-state index is 0.581. The molecular formula is C27H22N2O3. The molecule has 0 radical (unpaired) electrons. The van der Waals surface area contributed by atoms with Gasteiger partial charge in [-0.1, -0.05) is 12.1 Å². The van der Waals surface area contributed by atoms with Gasteiger partial charge in [-0.2, -0.15) is 10.5 Å². The normalized spacial score (nSPS) is 10.4. The summed E-state index contributed by atoms with van der Waals surface area (Å²) in [5.41, 5.74) is 2.85. The lowest BCUT2D eigenvalue weighted by molar-refractivity contribution is 0.279. The van der Waals surface area contributed by atoms with Crippen molar-refractivity contribution in [2.75, 3.05) is 13.2 Å². The Balaban J connectivity index is 1.23. The lowest BCUT2D eigenvalue weighted by Crippen LogP contribution is -2.01. The van der Waals surface area contributed by atoms with E-state index in [2.05, 4.69) is 12.1 Å². The van der Waals surface area contributed by atoms with E-state index in [9.17, 15) is 0 Å². The van der Waals surface area contributed by atoms with Gasteiger partial charge in [0.05, 0.1) is 36.5 Å². The average Bonchev–Trinajstić information content (AvgIpc) is 3.27. The van der Waals surface area contributed by atoms with E-state index in [0.29, 0.717) is 29.9 Å². The predicted octanol–water partition coefficient (Wildman–Crippen LogP) is 6.47. The molecule has 158 valence electrons. The third-order valence-electron chi connectivity index (χ3n) is 5.08. The Morgan fingerprint density at radius 3 is 2.16 bits per heavy atom. The van der Waals surface area contributed by atoms with Gasteiger partial charge in [-0.05, 0) is 79.9 Å². The second kappa shape index (κ2) is 10.2. The van der Waals surface area contributed by atoms with E-state index in [1.165, 1.54) is 0 Å². The first kappa shape index (κ1) is 21.0. The van der Waals surface area contributed by atoms with Crippen molar-refractivity contribution in [3.8, 4) is 35.0 Å². The zero-order valence-electron chi connectivity index (χ0n) is 17.6. The first-order valence-corrected chi connectivity index (χ1v) is 10.5. The zero-order valence-corrected chi connectivity index (χ0v) is 17.6. The van der Waals surface area contributed by atoms with Crippen LogP contribution in [0.3, 0.4) is 0 Å². The predicted molar refractivity (Wildman–Crippen MR) is 122 cm³/mol. The average molecular weight is 422 g/mol. The molecule has 0 fully saturated rings. The summed E-state index contributed by atoms with van der Waals surface area (Å²) >= 11 is 0. The highest BCUT2D eigenvalue weighted by molar-refractivity contribution is 5.84. The summed E-state index contributed by atoms with van der Waals surface area (Å²) in [4.78, 5) is 0. The third-order valence-corrected chi connectivity index (χ3v) is 5.08. The summed E-state index contributed by atoms with van der Waals surface area (Å²) in [5.74, 6) is 2.33. The first-order valence-electron chi connectivity index (χ1n) is 10.5. The van der Waals surface area contributed by atoms with Gasteiger partial charge >= 0.3 is 0 Å². The molecule has 4 rings (SSSR count). The van der Waals surface area contributed by atoms with Gasteiger partial charge in [-0.25, -0.2) is 0 Å². The van der Waals surface area contributed by atoms with Crippen LogP contribution in [0.1, 0.15) is 30.4 Å². The van der Waals surface area contributed by atoms with Crippen LogP contribution in [0, 0.1) is 22.7 Å². The van der Waals surface area contributed by atoms with Crippen LogP contribution in [0.2, 0.25) is 0 Å². The maximum Gasteiger partial charge on any atom is 0.136 e. The molecule has 1 heterocycles. The van der Waals surface area contributed by atoms with Crippen LogP contribution < -0.4 is 9.47 Å². The van der Waals surface area contributed by atoms with Gasteiger partial charge < -0.3 is 13.9 Å². The Hall–Kier alpha value is -4.22. The van der Waals surface area contributed by atoms with Crippen LogP contribution in [0.25, 0.3) is 22.3 Å². The Labute approximate surface area is 187 Å². The van der Waals surface area contributed by atoms with Gasteiger partial charge in [-0.3, -0.25) is 0 Å². The molecule has 0 aliphatic carbocycles. The molecule has 0 N–H and O–H groups in total. The molecular weight excluding hydrogens is 400 g/mol. The molecule has 0 atom stereocenters. The smallest absolute Gasteiger partial charge is 0.136 e. The lowest BCUT2D eigenvalue weighted by atomic mass is 10.1. The molecule has 4 aromatic rings. The fourth-order valence-electron chi connectivity index (χ4n) is 3.37. The highest BCUT2D eigenvalue weighted by Gasteiger charge is 2.08. The molecule has 0 saturated carbocycles. The number of hydrogen-bond acceptors (Lipinski definition) is 5. The summed E-state index contributed by atoms with van der Waals surface area (Å²) < 4.78 is 17.5. The monoisotopic (exact) mass is 422 g/mol. The van der Waals surface area contributed by atoms with Gasteiger partial charge in [0.1, 0.15) is 22.8 Å². The SMILES string of the molecule is N#Cc1ccc(OCCCCCOc2cccc(-c3cc4ccc(C#N)cc4o3)c2)cc1. The molecule has 0 spiro atoms. The topological polar surface area (TPSA) is 79.2 Å². The molecule has 32 heavy (non-hydrogen) atoms. The van der Waals surface area contributed by atoms with Crippen LogP contribution in [-0.2, 0) is 0 Å². The summed E-state index contributed by atoms with van der Waals surface area (Å²) in [5, 5.41) is 18.8. The minimum Gasteiger partial charge on any atom is -0.494 e. The second-order valence-corrected chi connectivity index (χ2v) is 7.40. The second-order valence-electron chi connectivity index (χ2n) is 7.40. The van der Waals surface area contributed by atoms with Crippen LogP contribution in [0.5, 0.6) is 11.5 Å². The molecule has 0 bridgehead atoms. The van der Waals surface area contributed by atoms with E-state index in [1.54, 1.807) is 24.3 Å². The molecule has 5 nitrogen and oxygen atoms in total. The Morgan fingerprint density at radius 1 is 0.688 bits per heavy atom. The summed E-state index contributed by atoms with van der Waals surface area (Å²) in [7, 11) is 0. The number of nitrogens with zero attached hydrogens (tertiary/aromatic N) is 2. The standard InChI is InChI=1S/C27H22N2O3/c28-18-20-8-11-24(12-9-20)30-13-2-1-3-14-31-25-6-4-5-22(16-25)27-17-23-10-7-21(19-29)15-26(23)32-27/h4-12,15-17H,1-3,13-14H2. The molecule has 1 aromatic heterocycles. The highest BCUT2D eigenvalue weighted by atomic mass is 16.5. The van der Waals surface area contributed by atoms with Crippen molar-refractivity contribution >= 4 is 11.0 Å². The molecule has 5 heteroatoms. The number of nitriles is 2. The largest absolute Gasteiger partial charge is 0.494 e. The number of benzene rings is 3. The minimum atomic E-state index is 0.581. The van der Waals surface area contributed by atoms with Crippen LogP contribution >= 0.6 is 0 Å². The first-order chi connectivity index (χ1) is 15.7. The van der Waals surface area contributed by atoms with Crippen LogP contribution in [0.15, 0.2) is 77.2 Å². The summed E-state index contributed by atoms with van der Waals surface area (Å²) in [6.07, 6.45) is 2.87. The van der Waals surface area contributed by atoms with E-state index < -0.39 is 0 Å². The van der Waals surface area contributed by atoms with E-state index >= 15 is 0 Å². The quantitative estimate of drug-likeness (QED) is 0.289. The number of furan rings is 1. The number of fused-ring (bicyclic) bond motifs is 1. The molecule has 0 saturated heterocycles. The van der Waals surface area contributed by atoms with Crippen molar-refractivity contribution in [1.29, 1.82) is 10.5 Å². The fourth-order valence-corrected chi connectivity index (χ4v) is 3.37. The Morgan fingerprint density at radius 2 is 1.41 bits per heavy atom. The van der Waals surface area contributed by atoms with Crippen molar-refractivity contribution in [2.24, 2.45) is 0 Å². The Bertz CT molecular complexity index is 1280. The number of unbranched alkanes of at least 4 members (excludes halogenated alkanes) is 2. The number of rotatable bonds is 9. The van der Waals surface area contributed by atoms with Gasteiger partial charge in [-0.15, -0.1) is 0 Å².